The van der Waals surface area contributed by atoms with Crippen LogP contribution in [0.25, 0.3) is 0 Å². The molecule has 0 bridgehead atoms. The molecule has 0 unspecified atom stereocenters. The molecule has 0 atom stereocenters. The van der Waals surface area contributed by atoms with Gasteiger partial charge in [-0.1, -0.05) is 13.8 Å². The largest absolute Gasteiger partial charge is 0.479 e. The molecule has 1 fully saturated rings. The molecule has 0 aromatic rings. The van der Waals surface area contributed by atoms with Crippen molar-refractivity contribution in [2.24, 2.45) is 11.8 Å². The number of hydrogen-bond acceptors (Lipinski definition) is 2. The molecule has 1 amide bonds. The molecule has 1 rings (SSSR count). The summed E-state index contributed by atoms with van der Waals surface area (Å²) in [6.07, 6.45) is 2.96. The van der Waals surface area contributed by atoms with Gasteiger partial charge in [-0.05, 0) is 44.4 Å². The Hall–Kier alpha value is -1.06. The first-order valence-corrected chi connectivity index (χ1v) is 6.86. The Balaban J connectivity index is 2.91. The molecule has 0 aliphatic heterocycles. The van der Waals surface area contributed by atoms with Crippen molar-refractivity contribution in [1.29, 1.82) is 0 Å². The van der Waals surface area contributed by atoms with Gasteiger partial charge in [-0.3, -0.25) is 4.79 Å². The van der Waals surface area contributed by atoms with E-state index in [0.29, 0.717) is 31.2 Å². The Morgan fingerprint density at radius 2 is 1.83 bits per heavy atom. The molecule has 0 heterocycles. The van der Waals surface area contributed by atoms with Gasteiger partial charge in [0.05, 0.1) is 0 Å². The van der Waals surface area contributed by atoms with Crippen molar-refractivity contribution in [3.05, 3.63) is 0 Å². The van der Waals surface area contributed by atoms with Gasteiger partial charge in [0, 0.05) is 13.5 Å². The Labute approximate surface area is 109 Å². The lowest BCUT2D eigenvalue weighted by Crippen LogP contribution is -2.58. The minimum Gasteiger partial charge on any atom is -0.479 e. The zero-order chi connectivity index (χ0) is 13.9. The number of hydrogen-bond donors (Lipinski definition) is 1. The van der Waals surface area contributed by atoms with Crippen LogP contribution < -0.4 is 0 Å². The number of amides is 1. The molecule has 0 aromatic heterocycles. The van der Waals surface area contributed by atoms with E-state index in [4.69, 9.17) is 0 Å². The Morgan fingerprint density at radius 1 is 1.33 bits per heavy atom. The molecule has 0 saturated heterocycles. The highest BCUT2D eigenvalue weighted by Gasteiger charge is 2.47. The lowest BCUT2D eigenvalue weighted by atomic mass is 9.72. The monoisotopic (exact) mass is 255 g/mol. The predicted octanol–water partition coefficient (Wildman–Crippen LogP) is 2.52. The Kier molecular flexibility index (Phi) is 4.77. The molecular weight excluding hydrogens is 230 g/mol. The van der Waals surface area contributed by atoms with Crippen LogP contribution >= 0.6 is 0 Å². The summed E-state index contributed by atoms with van der Waals surface area (Å²) >= 11 is 0. The van der Waals surface area contributed by atoms with E-state index in [1.54, 1.807) is 0 Å². The highest BCUT2D eigenvalue weighted by molar-refractivity contribution is 5.86. The zero-order valence-electron chi connectivity index (χ0n) is 11.9. The molecule has 4 heteroatoms. The maximum absolute atomic E-state index is 11.7. The molecule has 0 aromatic carbocycles. The fourth-order valence-electron chi connectivity index (χ4n) is 3.21. The van der Waals surface area contributed by atoms with Crippen molar-refractivity contribution >= 4 is 11.9 Å². The van der Waals surface area contributed by atoms with Crippen LogP contribution in [0.4, 0.5) is 0 Å². The van der Waals surface area contributed by atoms with Gasteiger partial charge in [-0.15, -0.1) is 0 Å². The second-order valence-electron chi connectivity index (χ2n) is 5.68. The molecule has 18 heavy (non-hydrogen) atoms. The maximum atomic E-state index is 11.7. The summed E-state index contributed by atoms with van der Waals surface area (Å²) in [6.45, 7) is 8.14. The summed E-state index contributed by atoms with van der Waals surface area (Å²) in [7, 11) is 0. The van der Waals surface area contributed by atoms with Crippen LogP contribution in [0, 0.1) is 11.8 Å². The molecule has 1 aliphatic rings. The standard InChI is InChI=1S/C14H25NO3/c1-5-15(11(4)16)14(13(17)18)8-6-12(7-9-14)10(2)3/h10,12H,5-9H2,1-4H3,(H,17,18). The lowest BCUT2D eigenvalue weighted by Gasteiger charge is -2.45. The highest BCUT2D eigenvalue weighted by atomic mass is 16.4. The third-order valence-electron chi connectivity index (χ3n) is 4.41. The molecule has 4 nitrogen and oxygen atoms in total. The van der Waals surface area contributed by atoms with Crippen LogP contribution in [-0.4, -0.2) is 34.0 Å². The summed E-state index contributed by atoms with van der Waals surface area (Å²) in [5.41, 5.74) is -0.966. The van der Waals surface area contributed by atoms with Gasteiger partial charge in [0.15, 0.2) is 0 Å². The number of carboxylic acid groups (broad SMARTS) is 1. The van der Waals surface area contributed by atoms with E-state index < -0.39 is 11.5 Å². The first kappa shape index (κ1) is 15.0. The van der Waals surface area contributed by atoms with E-state index in [1.165, 1.54) is 11.8 Å². The van der Waals surface area contributed by atoms with Gasteiger partial charge in [0.2, 0.25) is 5.91 Å². The molecular formula is C14H25NO3. The van der Waals surface area contributed by atoms with Crippen molar-refractivity contribution in [3.8, 4) is 0 Å². The van der Waals surface area contributed by atoms with Gasteiger partial charge >= 0.3 is 5.97 Å². The van der Waals surface area contributed by atoms with E-state index in [1.807, 2.05) is 6.92 Å². The lowest BCUT2D eigenvalue weighted by molar-refractivity contribution is -0.162. The number of aliphatic carboxylic acids is 1. The summed E-state index contributed by atoms with van der Waals surface area (Å²) in [5.74, 6) is 0.192. The average Bonchev–Trinajstić information content (AvgIpc) is 2.29. The summed E-state index contributed by atoms with van der Waals surface area (Å²) in [5, 5.41) is 9.57. The van der Waals surface area contributed by atoms with Crippen molar-refractivity contribution in [3.63, 3.8) is 0 Å². The SMILES string of the molecule is CCN(C(C)=O)C1(C(=O)O)CCC(C(C)C)CC1. The minimum absolute atomic E-state index is 0.136. The molecule has 1 N–H and O–H groups in total. The third-order valence-corrected chi connectivity index (χ3v) is 4.41. The van der Waals surface area contributed by atoms with Crippen molar-refractivity contribution in [1.82, 2.24) is 4.90 Å². The van der Waals surface area contributed by atoms with Crippen molar-refractivity contribution in [2.75, 3.05) is 6.54 Å². The first-order chi connectivity index (χ1) is 8.35. The van der Waals surface area contributed by atoms with Crippen molar-refractivity contribution in [2.45, 2.75) is 58.9 Å². The van der Waals surface area contributed by atoms with E-state index in [9.17, 15) is 14.7 Å². The van der Waals surface area contributed by atoms with Crippen LogP contribution in [0.15, 0.2) is 0 Å². The predicted molar refractivity (Wildman–Crippen MR) is 70.2 cm³/mol. The van der Waals surface area contributed by atoms with Crippen LogP contribution in [0.2, 0.25) is 0 Å². The molecule has 0 spiro atoms. The van der Waals surface area contributed by atoms with E-state index in [-0.39, 0.29) is 5.91 Å². The average molecular weight is 255 g/mol. The van der Waals surface area contributed by atoms with Crippen LogP contribution in [0.3, 0.4) is 0 Å². The van der Waals surface area contributed by atoms with Crippen LogP contribution in [0.1, 0.15) is 53.4 Å². The topological polar surface area (TPSA) is 57.6 Å². The molecule has 1 saturated carbocycles. The van der Waals surface area contributed by atoms with Gasteiger partial charge in [-0.25, -0.2) is 4.79 Å². The number of carbonyl (C=O) groups is 2. The van der Waals surface area contributed by atoms with Crippen LogP contribution in [-0.2, 0) is 9.59 Å². The van der Waals surface area contributed by atoms with E-state index in [2.05, 4.69) is 13.8 Å². The summed E-state index contributed by atoms with van der Waals surface area (Å²) in [6, 6.07) is 0. The quantitative estimate of drug-likeness (QED) is 0.839. The zero-order valence-corrected chi connectivity index (χ0v) is 11.9. The minimum atomic E-state index is -0.966. The summed E-state index contributed by atoms with van der Waals surface area (Å²) in [4.78, 5) is 24.9. The van der Waals surface area contributed by atoms with Gasteiger partial charge in [0.25, 0.3) is 0 Å². The van der Waals surface area contributed by atoms with Crippen LogP contribution in [0.5, 0.6) is 0 Å². The normalized spacial score (nSPS) is 28.2. The molecule has 0 radical (unpaired) electrons. The number of nitrogens with zero attached hydrogens (tertiary/aromatic N) is 1. The van der Waals surface area contributed by atoms with Gasteiger partial charge in [-0.2, -0.15) is 0 Å². The number of rotatable bonds is 4. The summed E-state index contributed by atoms with van der Waals surface area (Å²) < 4.78 is 0. The Morgan fingerprint density at radius 3 is 2.11 bits per heavy atom. The number of carboxylic acids is 1. The molecule has 104 valence electrons. The fraction of sp³-hybridized carbons (Fsp3) is 0.857. The third kappa shape index (κ3) is 2.68. The van der Waals surface area contributed by atoms with Gasteiger partial charge < -0.3 is 10.0 Å². The first-order valence-electron chi connectivity index (χ1n) is 6.86. The van der Waals surface area contributed by atoms with Crippen molar-refractivity contribution < 1.29 is 14.7 Å². The van der Waals surface area contributed by atoms with E-state index >= 15 is 0 Å². The Bertz CT molecular complexity index is 317. The molecule has 1 aliphatic carbocycles. The smallest absolute Gasteiger partial charge is 0.329 e. The second kappa shape index (κ2) is 5.72. The fourth-order valence-corrected chi connectivity index (χ4v) is 3.21. The maximum Gasteiger partial charge on any atom is 0.329 e. The highest BCUT2D eigenvalue weighted by Crippen LogP contribution is 2.39. The number of carbonyl (C=O) groups excluding carboxylic acids is 1. The van der Waals surface area contributed by atoms with E-state index in [0.717, 1.165) is 12.8 Å². The second-order valence-corrected chi connectivity index (χ2v) is 5.68. The van der Waals surface area contributed by atoms with Gasteiger partial charge in [0.1, 0.15) is 5.54 Å². The number of likely N-dealkylation sites (N-methyl/N-ethyl adjacent to an activating group) is 1.